The molecule has 0 aliphatic rings. The van der Waals surface area contributed by atoms with Gasteiger partial charge in [0.1, 0.15) is 0 Å². The smallest absolute Gasteiger partial charge is 0.306 e. The minimum atomic E-state index is -1.13. The summed E-state index contributed by atoms with van der Waals surface area (Å²) in [5, 5.41) is 17.6. The van der Waals surface area contributed by atoms with Gasteiger partial charge in [-0.25, -0.2) is 4.98 Å². The van der Waals surface area contributed by atoms with Crippen molar-refractivity contribution in [2.75, 3.05) is 0 Å². The highest BCUT2D eigenvalue weighted by atomic mass is 19.1. The quantitative estimate of drug-likeness (QED) is 0.681. The van der Waals surface area contributed by atoms with Gasteiger partial charge in [0.15, 0.2) is 0 Å². The topological polar surface area (TPSA) is 70.4 Å². The van der Waals surface area contributed by atoms with Gasteiger partial charge < -0.3 is 10.2 Å². The molecular formula is C8H8FNO3. The number of pyridine rings is 1. The summed E-state index contributed by atoms with van der Waals surface area (Å²) in [6, 6.07) is 2.37. The zero-order valence-corrected chi connectivity index (χ0v) is 6.64. The molecule has 1 aromatic rings. The van der Waals surface area contributed by atoms with E-state index in [2.05, 4.69) is 4.98 Å². The second-order valence-electron chi connectivity index (χ2n) is 2.53. The van der Waals surface area contributed by atoms with Crippen LogP contribution in [-0.2, 0) is 4.79 Å². The maximum atomic E-state index is 12.3. The first-order valence-corrected chi connectivity index (χ1v) is 3.61. The van der Waals surface area contributed by atoms with Crippen LogP contribution in [-0.4, -0.2) is 21.2 Å². The van der Waals surface area contributed by atoms with Crippen molar-refractivity contribution in [2.45, 2.75) is 12.5 Å². The largest absolute Gasteiger partial charge is 0.481 e. The van der Waals surface area contributed by atoms with E-state index in [4.69, 9.17) is 5.11 Å². The average molecular weight is 185 g/mol. The second-order valence-corrected chi connectivity index (χ2v) is 2.53. The number of aliphatic hydroxyl groups excluding tert-OH is 1. The zero-order chi connectivity index (χ0) is 9.84. The van der Waals surface area contributed by atoms with Crippen LogP contribution in [0.2, 0.25) is 0 Å². The molecule has 0 aliphatic carbocycles. The highest BCUT2D eigenvalue weighted by molar-refractivity contribution is 5.67. The van der Waals surface area contributed by atoms with Crippen LogP contribution in [0, 0.1) is 5.95 Å². The van der Waals surface area contributed by atoms with Crippen LogP contribution in [0.5, 0.6) is 0 Å². The fourth-order valence-electron chi connectivity index (χ4n) is 0.868. The van der Waals surface area contributed by atoms with E-state index < -0.39 is 24.4 Å². The molecule has 2 N–H and O–H groups in total. The maximum absolute atomic E-state index is 12.3. The second kappa shape index (κ2) is 3.95. The summed E-state index contributed by atoms with van der Waals surface area (Å²) in [6.07, 6.45) is -0.429. The molecule has 5 heteroatoms. The SMILES string of the molecule is O=C(O)C[C@H](O)c1ccc(F)nc1. The standard InChI is InChI=1S/C8H8FNO3/c9-7-2-1-5(4-10-7)6(11)3-8(12)13/h1-2,4,6,11H,3H2,(H,12,13)/t6-/m0/s1. The highest BCUT2D eigenvalue weighted by Crippen LogP contribution is 2.14. The van der Waals surface area contributed by atoms with Gasteiger partial charge in [-0.2, -0.15) is 4.39 Å². The average Bonchev–Trinajstić information content (AvgIpc) is 2.04. The van der Waals surface area contributed by atoms with Crippen LogP contribution in [0.4, 0.5) is 4.39 Å². The monoisotopic (exact) mass is 185 g/mol. The number of nitrogens with zero attached hydrogens (tertiary/aromatic N) is 1. The van der Waals surface area contributed by atoms with E-state index in [0.29, 0.717) is 5.56 Å². The van der Waals surface area contributed by atoms with E-state index in [9.17, 15) is 14.3 Å². The Labute approximate surface area is 73.7 Å². The lowest BCUT2D eigenvalue weighted by molar-refractivity contribution is -0.139. The third kappa shape index (κ3) is 2.79. The van der Waals surface area contributed by atoms with Crippen molar-refractivity contribution >= 4 is 5.97 Å². The lowest BCUT2D eigenvalue weighted by Crippen LogP contribution is -2.05. The fourth-order valence-corrected chi connectivity index (χ4v) is 0.868. The van der Waals surface area contributed by atoms with Crippen molar-refractivity contribution in [2.24, 2.45) is 0 Å². The number of aliphatic carboxylic acids is 1. The van der Waals surface area contributed by atoms with Crippen molar-refractivity contribution in [3.63, 3.8) is 0 Å². The molecule has 0 aliphatic heterocycles. The summed E-state index contributed by atoms with van der Waals surface area (Å²) >= 11 is 0. The minimum absolute atomic E-state index is 0.295. The van der Waals surface area contributed by atoms with E-state index in [-0.39, 0.29) is 0 Å². The summed E-state index contributed by atoms with van der Waals surface area (Å²) in [7, 11) is 0. The molecule has 1 rings (SSSR count). The van der Waals surface area contributed by atoms with Crippen molar-refractivity contribution < 1.29 is 19.4 Å². The summed E-state index contributed by atoms with van der Waals surface area (Å²) in [4.78, 5) is 13.5. The van der Waals surface area contributed by atoms with E-state index in [1.807, 2.05) is 0 Å². The molecule has 0 bridgehead atoms. The van der Waals surface area contributed by atoms with Gasteiger partial charge >= 0.3 is 5.97 Å². The van der Waals surface area contributed by atoms with Crippen molar-refractivity contribution in [3.05, 3.63) is 29.8 Å². The highest BCUT2D eigenvalue weighted by Gasteiger charge is 2.11. The normalized spacial score (nSPS) is 12.5. The Bertz CT molecular complexity index is 299. The lowest BCUT2D eigenvalue weighted by atomic mass is 10.1. The summed E-state index contributed by atoms with van der Waals surface area (Å²) in [6.45, 7) is 0. The predicted octanol–water partition coefficient (Wildman–Crippen LogP) is 0.729. The molecule has 0 spiro atoms. The number of rotatable bonds is 3. The van der Waals surface area contributed by atoms with Crippen LogP contribution in [0.25, 0.3) is 0 Å². The zero-order valence-electron chi connectivity index (χ0n) is 6.64. The van der Waals surface area contributed by atoms with E-state index in [0.717, 1.165) is 12.3 Å². The third-order valence-corrected chi connectivity index (χ3v) is 1.50. The molecule has 1 aromatic heterocycles. The molecule has 1 atom stereocenters. The Morgan fingerprint density at radius 2 is 2.31 bits per heavy atom. The first-order valence-electron chi connectivity index (χ1n) is 3.61. The molecule has 0 fully saturated rings. The maximum Gasteiger partial charge on any atom is 0.306 e. The molecule has 1 heterocycles. The van der Waals surface area contributed by atoms with Crippen LogP contribution >= 0.6 is 0 Å². The molecule has 13 heavy (non-hydrogen) atoms. The van der Waals surface area contributed by atoms with Gasteiger partial charge in [-0.1, -0.05) is 6.07 Å². The summed E-state index contributed by atoms with van der Waals surface area (Å²) < 4.78 is 12.3. The Kier molecular flexibility index (Phi) is 2.92. The Hall–Kier alpha value is -1.49. The third-order valence-electron chi connectivity index (χ3n) is 1.50. The van der Waals surface area contributed by atoms with Crippen LogP contribution < -0.4 is 0 Å². The van der Waals surface area contributed by atoms with E-state index >= 15 is 0 Å². The number of aromatic nitrogens is 1. The molecule has 0 saturated heterocycles. The van der Waals surface area contributed by atoms with Gasteiger partial charge in [0.2, 0.25) is 5.95 Å². The number of aliphatic hydroxyl groups is 1. The van der Waals surface area contributed by atoms with Crippen LogP contribution in [0.3, 0.4) is 0 Å². The summed E-state index contributed by atoms with van der Waals surface area (Å²) in [5.41, 5.74) is 0.295. The number of carbonyl (C=O) groups is 1. The van der Waals surface area contributed by atoms with E-state index in [1.165, 1.54) is 6.07 Å². The van der Waals surface area contributed by atoms with E-state index in [1.54, 1.807) is 0 Å². The van der Waals surface area contributed by atoms with Gasteiger partial charge in [0.25, 0.3) is 0 Å². The summed E-state index contributed by atoms with van der Waals surface area (Å²) in [5.74, 6) is -1.77. The molecular weight excluding hydrogens is 177 g/mol. The van der Waals surface area contributed by atoms with Crippen molar-refractivity contribution in [1.82, 2.24) is 4.98 Å². The van der Waals surface area contributed by atoms with Gasteiger partial charge in [0, 0.05) is 6.20 Å². The molecule has 0 radical (unpaired) electrons. The molecule has 0 saturated carbocycles. The number of halogens is 1. The molecule has 70 valence electrons. The van der Waals surface area contributed by atoms with Crippen molar-refractivity contribution in [1.29, 1.82) is 0 Å². The Morgan fingerprint density at radius 3 is 2.77 bits per heavy atom. The van der Waals surface area contributed by atoms with Crippen LogP contribution in [0.1, 0.15) is 18.1 Å². The fraction of sp³-hybridized carbons (Fsp3) is 0.250. The minimum Gasteiger partial charge on any atom is -0.481 e. The number of hydrogen-bond donors (Lipinski definition) is 2. The van der Waals surface area contributed by atoms with Gasteiger partial charge in [0.05, 0.1) is 12.5 Å². The predicted molar refractivity (Wildman–Crippen MR) is 41.4 cm³/mol. The molecule has 0 amide bonds. The molecule has 0 aromatic carbocycles. The number of carboxylic acids is 1. The van der Waals surface area contributed by atoms with Gasteiger partial charge in [-0.3, -0.25) is 4.79 Å². The van der Waals surface area contributed by atoms with Gasteiger partial charge in [-0.05, 0) is 11.6 Å². The van der Waals surface area contributed by atoms with Gasteiger partial charge in [-0.15, -0.1) is 0 Å². The van der Waals surface area contributed by atoms with Crippen molar-refractivity contribution in [3.8, 4) is 0 Å². The number of carboxylic acid groups (broad SMARTS) is 1. The lowest BCUT2D eigenvalue weighted by Gasteiger charge is -2.06. The van der Waals surface area contributed by atoms with Crippen LogP contribution in [0.15, 0.2) is 18.3 Å². The first kappa shape index (κ1) is 9.60. The Morgan fingerprint density at radius 1 is 1.62 bits per heavy atom. The molecule has 0 unspecified atom stereocenters. The Balaban J connectivity index is 2.71. The molecule has 4 nitrogen and oxygen atoms in total. The first-order chi connectivity index (χ1) is 6.09. The number of hydrogen-bond acceptors (Lipinski definition) is 3.